The molecule has 0 aromatic carbocycles. The molecule has 0 amide bonds. The smallest absolute Gasteiger partial charge is 0.338 e. The third kappa shape index (κ3) is 2.36. The highest BCUT2D eigenvalue weighted by molar-refractivity contribution is 5.88. The number of aromatic nitrogens is 1. The van der Waals surface area contributed by atoms with E-state index in [9.17, 15) is 9.18 Å². The Morgan fingerprint density at radius 3 is 3.06 bits per heavy atom. The van der Waals surface area contributed by atoms with Gasteiger partial charge in [-0.3, -0.25) is 0 Å². The number of pyridine rings is 1. The van der Waals surface area contributed by atoms with Gasteiger partial charge >= 0.3 is 5.97 Å². The second kappa shape index (κ2) is 4.29. The predicted octanol–water partition coefficient (Wildman–Crippen LogP) is 1.51. The Bertz CT molecular complexity index is 444. The summed E-state index contributed by atoms with van der Waals surface area (Å²) >= 11 is 0. The first kappa shape index (κ1) is 11.8. The van der Waals surface area contributed by atoms with Crippen LogP contribution in [0.25, 0.3) is 0 Å². The molecule has 17 heavy (non-hydrogen) atoms. The summed E-state index contributed by atoms with van der Waals surface area (Å²) in [5, 5.41) is 11.7. The van der Waals surface area contributed by atoms with Gasteiger partial charge in [-0.15, -0.1) is 0 Å². The molecule has 0 bridgehead atoms. The lowest BCUT2D eigenvalue weighted by Crippen LogP contribution is -2.36. The summed E-state index contributed by atoms with van der Waals surface area (Å²) in [6.07, 6.45) is 2.00. The zero-order chi connectivity index (χ0) is 12.5. The molecule has 2 N–H and O–H groups in total. The molecule has 1 unspecified atom stereocenters. The van der Waals surface area contributed by atoms with Crippen molar-refractivity contribution in [3.05, 3.63) is 23.6 Å². The van der Waals surface area contributed by atoms with Gasteiger partial charge in [-0.25, -0.2) is 14.2 Å². The number of anilines is 1. The van der Waals surface area contributed by atoms with E-state index in [0.29, 0.717) is 13.2 Å². The second-order valence-corrected chi connectivity index (χ2v) is 4.31. The van der Waals surface area contributed by atoms with Crippen molar-refractivity contribution in [2.45, 2.75) is 18.9 Å². The van der Waals surface area contributed by atoms with E-state index in [1.807, 2.05) is 6.92 Å². The number of carbonyl (C=O) groups is 1. The fourth-order valence-corrected chi connectivity index (χ4v) is 1.75. The van der Waals surface area contributed by atoms with Crippen LogP contribution in [0.4, 0.5) is 10.2 Å². The molecular weight excluding hydrogens is 227 g/mol. The van der Waals surface area contributed by atoms with E-state index in [4.69, 9.17) is 9.84 Å². The minimum Gasteiger partial charge on any atom is -0.478 e. The van der Waals surface area contributed by atoms with E-state index in [2.05, 4.69) is 10.3 Å². The summed E-state index contributed by atoms with van der Waals surface area (Å²) in [5.41, 5.74) is -0.782. The Morgan fingerprint density at radius 1 is 1.71 bits per heavy atom. The van der Waals surface area contributed by atoms with Crippen LogP contribution in [0.15, 0.2) is 12.3 Å². The lowest BCUT2D eigenvalue weighted by Gasteiger charge is -2.24. The number of nitrogens with one attached hydrogen (secondary N) is 1. The van der Waals surface area contributed by atoms with E-state index in [1.165, 1.54) is 6.20 Å². The molecule has 0 aliphatic carbocycles. The van der Waals surface area contributed by atoms with E-state index in [-0.39, 0.29) is 11.4 Å². The maximum absolute atomic E-state index is 13.8. The number of hydrogen-bond acceptors (Lipinski definition) is 4. The number of carboxylic acid groups (broad SMARTS) is 1. The number of nitrogens with zero attached hydrogens (tertiary/aromatic N) is 1. The molecule has 92 valence electrons. The maximum Gasteiger partial charge on any atom is 0.338 e. The van der Waals surface area contributed by atoms with Crippen LogP contribution < -0.4 is 5.32 Å². The Labute approximate surface area is 97.6 Å². The minimum atomic E-state index is -1.30. The normalized spacial score (nSPS) is 23.6. The molecule has 5 nitrogen and oxygen atoms in total. The van der Waals surface area contributed by atoms with E-state index in [1.54, 1.807) is 0 Å². The molecule has 1 aliphatic rings. The van der Waals surface area contributed by atoms with E-state index in [0.717, 1.165) is 12.5 Å². The largest absolute Gasteiger partial charge is 0.478 e. The lowest BCUT2D eigenvalue weighted by atomic mass is 10.0. The van der Waals surface area contributed by atoms with Crippen molar-refractivity contribution in [1.82, 2.24) is 4.98 Å². The average Bonchev–Trinajstić information content (AvgIpc) is 2.68. The highest BCUT2D eigenvalue weighted by atomic mass is 19.1. The number of rotatable bonds is 3. The second-order valence-electron chi connectivity index (χ2n) is 4.31. The SMILES string of the molecule is CC1(Nc2nccc(C(=O)O)c2F)CCOC1. The van der Waals surface area contributed by atoms with Crippen LogP contribution in [0.1, 0.15) is 23.7 Å². The molecule has 6 heteroatoms. The van der Waals surface area contributed by atoms with Gasteiger partial charge in [-0.1, -0.05) is 0 Å². The number of halogens is 1. The van der Waals surface area contributed by atoms with Gasteiger partial charge in [-0.05, 0) is 19.4 Å². The summed E-state index contributed by atoms with van der Waals surface area (Å²) < 4.78 is 19.0. The van der Waals surface area contributed by atoms with Crippen LogP contribution in [-0.4, -0.2) is 34.8 Å². The quantitative estimate of drug-likeness (QED) is 0.837. The first-order valence-corrected chi connectivity index (χ1v) is 5.25. The number of ether oxygens (including phenoxy) is 1. The highest BCUT2D eigenvalue weighted by Gasteiger charge is 2.31. The third-order valence-electron chi connectivity index (χ3n) is 2.76. The van der Waals surface area contributed by atoms with Crippen LogP contribution in [0.2, 0.25) is 0 Å². The Morgan fingerprint density at radius 2 is 2.47 bits per heavy atom. The molecule has 0 saturated carbocycles. The number of carboxylic acids is 1. The van der Waals surface area contributed by atoms with Crippen molar-refractivity contribution in [2.24, 2.45) is 0 Å². The van der Waals surface area contributed by atoms with Crippen molar-refractivity contribution in [2.75, 3.05) is 18.5 Å². The summed E-state index contributed by atoms with van der Waals surface area (Å²) in [7, 11) is 0. The van der Waals surface area contributed by atoms with E-state index >= 15 is 0 Å². The summed E-state index contributed by atoms with van der Waals surface area (Å²) in [6.45, 7) is 2.93. The molecule has 1 fully saturated rings. The van der Waals surface area contributed by atoms with Crippen LogP contribution in [-0.2, 0) is 4.74 Å². The van der Waals surface area contributed by atoms with Crippen molar-refractivity contribution in [3.8, 4) is 0 Å². The predicted molar refractivity (Wildman–Crippen MR) is 58.6 cm³/mol. The standard InChI is InChI=1S/C11H13FN2O3/c1-11(3-5-17-6-11)14-9-8(12)7(10(15)16)2-4-13-9/h2,4H,3,5-6H2,1H3,(H,13,14)(H,15,16). The molecule has 1 aliphatic heterocycles. The van der Waals surface area contributed by atoms with E-state index < -0.39 is 17.3 Å². The molecule has 0 radical (unpaired) electrons. The van der Waals surface area contributed by atoms with Crippen LogP contribution in [0, 0.1) is 5.82 Å². The average molecular weight is 240 g/mol. The Kier molecular flexibility index (Phi) is 2.97. The molecule has 2 rings (SSSR count). The lowest BCUT2D eigenvalue weighted by molar-refractivity contribution is 0.0691. The molecular formula is C11H13FN2O3. The Balaban J connectivity index is 2.27. The monoisotopic (exact) mass is 240 g/mol. The summed E-state index contributed by atoms with van der Waals surface area (Å²) in [4.78, 5) is 14.6. The molecule has 1 aromatic heterocycles. The first-order chi connectivity index (χ1) is 8.02. The molecule has 1 saturated heterocycles. The van der Waals surface area contributed by atoms with Crippen molar-refractivity contribution in [1.29, 1.82) is 0 Å². The topological polar surface area (TPSA) is 71.5 Å². The van der Waals surface area contributed by atoms with Crippen molar-refractivity contribution < 1.29 is 19.0 Å². The zero-order valence-corrected chi connectivity index (χ0v) is 9.36. The fraction of sp³-hybridized carbons (Fsp3) is 0.455. The molecule has 0 spiro atoms. The first-order valence-electron chi connectivity index (χ1n) is 5.25. The zero-order valence-electron chi connectivity index (χ0n) is 9.36. The van der Waals surface area contributed by atoms with Gasteiger partial charge < -0.3 is 15.2 Å². The van der Waals surface area contributed by atoms with Crippen molar-refractivity contribution >= 4 is 11.8 Å². The minimum absolute atomic E-state index is 0.0436. The van der Waals surface area contributed by atoms with Gasteiger partial charge in [0.15, 0.2) is 11.6 Å². The highest BCUT2D eigenvalue weighted by Crippen LogP contribution is 2.25. The van der Waals surface area contributed by atoms with Gasteiger partial charge in [0.25, 0.3) is 0 Å². The fourth-order valence-electron chi connectivity index (χ4n) is 1.75. The molecule has 1 atom stereocenters. The van der Waals surface area contributed by atoms with Crippen LogP contribution in [0.3, 0.4) is 0 Å². The molecule has 1 aromatic rings. The number of aromatic carboxylic acids is 1. The van der Waals surface area contributed by atoms with Gasteiger partial charge in [0.2, 0.25) is 0 Å². The van der Waals surface area contributed by atoms with Gasteiger partial charge in [0.1, 0.15) is 5.56 Å². The molecule has 2 heterocycles. The van der Waals surface area contributed by atoms with Gasteiger partial charge in [0.05, 0.1) is 12.1 Å². The van der Waals surface area contributed by atoms with Gasteiger partial charge in [0, 0.05) is 12.8 Å². The van der Waals surface area contributed by atoms with Crippen LogP contribution >= 0.6 is 0 Å². The summed E-state index contributed by atoms with van der Waals surface area (Å²) in [6, 6.07) is 1.14. The van der Waals surface area contributed by atoms with Crippen LogP contribution in [0.5, 0.6) is 0 Å². The van der Waals surface area contributed by atoms with Gasteiger partial charge in [-0.2, -0.15) is 0 Å². The summed E-state index contributed by atoms with van der Waals surface area (Å²) in [5.74, 6) is -2.19. The maximum atomic E-state index is 13.8. The Hall–Kier alpha value is -1.69. The van der Waals surface area contributed by atoms with Crippen molar-refractivity contribution in [3.63, 3.8) is 0 Å². The third-order valence-corrected chi connectivity index (χ3v) is 2.76. The number of hydrogen-bond donors (Lipinski definition) is 2.